The molecule has 0 unspecified atom stereocenters. The van der Waals surface area contributed by atoms with Crippen LogP contribution in [0.3, 0.4) is 0 Å². The maximum Gasteiger partial charge on any atom is 0.407 e. The Morgan fingerprint density at radius 3 is 2.46 bits per heavy atom. The van der Waals surface area contributed by atoms with Gasteiger partial charge < -0.3 is 15.0 Å². The molecule has 0 saturated carbocycles. The third-order valence-electron chi connectivity index (χ3n) is 8.12. The van der Waals surface area contributed by atoms with Gasteiger partial charge in [0.1, 0.15) is 6.61 Å². The number of para-hydroxylation sites is 1. The van der Waals surface area contributed by atoms with Crippen LogP contribution in [0.4, 0.5) is 10.5 Å². The minimum atomic E-state index is -0.402. The van der Waals surface area contributed by atoms with E-state index < -0.39 is 6.09 Å². The molecule has 2 aliphatic rings. The van der Waals surface area contributed by atoms with Crippen molar-refractivity contribution in [1.29, 1.82) is 0 Å². The first-order chi connectivity index (χ1) is 20.1. The summed E-state index contributed by atoms with van der Waals surface area (Å²) in [6, 6.07) is 39.8. The second-order valence-electron chi connectivity index (χ2n) is 10.6. The molecule has 0 spiro atoms. The van der Waals surface area contributed by atoms with Gasteiger partial charge in [-0.3, -0.25) is 0 Å². The maximum absolute atomic E-state index is 13.1. The summed E-state index contributed by atoms with van der Waals surface area (Å²) in [5.74, 6) is 0. The first kappa shape index (κ1) is 25.6. The van der Waals surface area contributed by atoms with E-state index in [-0.39, 0.29) is 18.7 Å². The molecule has 2 aliphatic heterocycles. The van der Waals surface area contributed by atoms with E-state index in [1.54, 1.807) is 0 Å². The molecule has 41 heavy (non-hydrogen) atoms. The van der Waals surface area contributed by atoms with Crippen LogP contribution in [-0.4, -0.2) is 6.09 Å². The van der Waals surface area contributed by atoms with E-state index >= 15 is 0 Å². The molecule has 2 atom stereocenters. The smallest absolute Gasteiger partial charge is 0.407 e. The van der Waals surface area contributed by atoms with Crippen molar-refractivity contribution in [2.24, 2.45) is 0 Å². The Morgan fingerprint density at radius 1 is 0.854 bits per heavy atom. The average molecular weight is 602 g/mol. The van der Waals surface area contributed by atoms with Crippen molar-refractivity contribution >= 4 is 44.2 Å². The van der Waals surface area contributed by atoms with Gasteiger partial charge in [-0.1, -0.05) is 119 Å². The molecule has 0 bridgehead atoms. The van der Waals surface area contributed by atoms with Gasteiger partial charge >= 0.3 is 6.09 Å². The molecule has 202 valence electrons. The predicted octanol–water partition coefficient (Wildman–Crippen LogP) is 9.12. The second kappa shape index (κ2) is 10.9. The fraction of sp³-hybridized carbons (Fsp3) is 0.139. The lowest BCUT2D eigenvalue weighted by Crippen LogP contribution is -2.41. The fourth-order valence-corrected chi connectivity index (χ4v) is 6.44. The molecule has 0 aliphatic carbocycles. The molecule has 0 radical (unpaired) electrons. The number of rotatable bonds is 5. The highest BCUT2D eigenvalue weighted by molar-refractivity contribution is 9.10. The highest BCUT2D eigenvalue weighted by Gasteiger charge is 2.39. The molecule has 2 heterocycles. The summed E-state index contributed by atoms with van der Waals surface area (Å²) in [6.45, 7) is 0.239. The number of nitrogens with zero attached hydrogens (tertiary/aromatic N) is 1. The van der Waals surface area contributed by atoms with Crippen LogP contribution in [0.2, 0.25) is 0 Å². The third kappa shape index (κ3) is 5.02. The molecule has 0 saturated heterocycles. The predicted molar refractivity (Wildman–Crippen MR) is 169 cm³/mol. The summed E-state index contributed by atoms with van der Waals surface area (Å²) >= 11 is 3.60. The zero-order valence-electron chi connectivity index (χ0n) is 22.5. The number of anilines is 1. The number of halogens is 1. The van der Waals surface area contributed by atoms with E-state index in [1.165, 1.54) is 38.8 Å². The fourth-order valence-electron chi connectivity index (χ4n) is 6.18. The van der Waals surface area contributed by atoms with E-state index in [0.717, 1.165) is 22.0 Å². The Kier molecular flexibility index (Phi) is 6.81. The molecule has 0 aromatic heterocycles. The van der Waals surface area contributed by atoms with E-state index in [2.05, 4.69) is 117 Å². The van der Waals surface area contributed by atoms with Crippen LogP contribution < -0.4 is 10.2 Å². The lowest BCUT2D eigenvalue weighted by molar-refractivity contribution is 0.134. The van der Waals surface area contributed by atoms with Gasteiger partial charge in [0.15, 0.2) is 0 Å². The van der Waals surface area contributed by atoms with Crippen LogP contribution in [0.15, 0.2) is 126 Å². The monoisotopic (exact) mass is 600 g/mol. The van der Waals surface area contributed by atoms with Gasteiger partial charge in [0, 0.05) is 10.2 Å². The summed E-state index contributed by atoms with van der Waals surface area (Å²) in [7, 11) is 0. The largest absolute Gasteiger partial charge is 0.445 e. The van der Waals surface area contributed by atoms with Crippen molar-refractivity contribution in [2.45, 2.75) is 31.5 Å². The van der Waals surface area contributed by atoms with Gasteiger partial charge in [0.25, 0.3) is 0 Å². The first-order valence-corrected chi connectivity index (χ1v) is 14.8. The second-order valence-corrected chi connectivity index (χ2v) is 11.6. The van der Waals surface area contributed by atoms with Gasteiger partial charge in [0.2, 0.25) is 0 Å². The number of amides is 1. The van der Waals surface area contributed by atoms with Crippen LogP contribution >= 0.6 is 15.9 Å². The Morgan fingerprint density at radius 2 is 1.63 bits per heavy atom. The Balaban J connectivity index is 1.28. The number of carbonyl (C=O) groups excluding carboxylic acids is 1. The number of alkyl carbamates (subject to hydrolysis) is 1. The normalized spacial score (nSPS) is 17.5. The topological polar surface area (TPSA) is 41.6 Å². The quantitative estimate of drug-likeness (QED) is 0.219. The van der Waals surface area contributed by atoms with Gasteiger partial charge in [0.05, 0.1) is 17.8 Å². The number of allylic oxidation sites excluding steroid dienone is 1. The zero-order valence-corrected chi connectivity index (χ0v) is 24.1. The Labute approximate surface area is 248 Å². The number of nitrogens with one attached hydrogen (secondary N) is 1. The number of hydrogen-bond donors (Lipinski definition) is 1. The van der Waals surface area contributed by atoms with Crippen LogP contribution in [0.1, 0.15) is 46.3 Å². The van der Waals surface area contributed by atoms with Crippen LogP contribution in [0.25, 0.3) is 16.5 Å². The number of hydrogen-bond acceptors (Lipinski definition) is 3. The molecule has 5 aromatic carbocycles. The molecule has 7 rings (SSSR count). The highest BCUT2D eigenvalue weighted by atomic mass is 79.9. The van der Waals surface area contributed by atoms with Gasteiger partial charge in [-0.25, -0.2) is 4.79 Å². The molecule has 4 nitrogen and oxygen atoms in total. The summed E-state index contributed by atoms with van der Waals surface area (Å²) in [6.07, 6.45) is 3.49. The standard InChI is InChI=1S/C36H29BrN2O2/c37-30-18-15-26(16-19-30)34-22-32(38-36(40)41-23-24-7-2-1-3-8-24)31-12-6-11-27-17-20-33(39(34)35(27)31)29-14-13-25-9-4-5-10-28(25)21-29/h1-16,18-21,32,34H,17,22-23H2,(H,38,40)/t32-,34-/m0/s1. The lowest BCUT2D eigenvalue weighted by atomic mass is 9.82. The highest BCUT2D eigenvalue weighted by Crippen LogP contribution is 2.51. The zero-order chi connectivity index (χ0) is 27.8. The van der Waals surface area contributed by atoms with Crippen LogP contribution in [0.5, 0.6) is 0 Å². The number of benzene rings is 5. The van der Waals surface area contributed by atoms with E-state index in [4.69, 9.17) is 4.74 Å². The molecule has 5 heteroatoms. The van der Waals surface area contributed by atoms with Crippen molar-refractivity contribution < 1.29 is 9.53 Å². The molecular formula is C36H29BrN2O2. The van der Waals surface area contributed by atoms with Crippen LogP contribution in [-0.2, 0) is 17.8 Å². The minimum absolute atomic E-state index is 0.0224. The van der Waals surface area contributed by atoms with Gasteiger partial charge in [-0.15, -0.1) is 0 Å². The van der Waals surface area contributed by atoms with Crippen LogP contribution in [0, 0.1) is 0 Å². The van der Waals surface area contributed by atoms with E-state index in [9.17, 15) is 4.79 Å². The summed E-state index contributed by atoms with van der Waals surface area (Å²) in [4.78, 5) is 15.6. The molecule has 1 amide bonds. The third-order valence-corrected chi connectivity index (χ3v) is 8.65. The number of carbonyl (C=O) groups is 1. The maximum atomic E-state index is 13.1. The molecule has 0 fully saturated rings. The van der Waals surface area contributed by atoms with Crippen molar-refractivity contribution in [3.05, 3.63) is 154 Å². The molecule has 1 N–H and O–H groups in total. The first-order valence-electron chi connectivity index (χ1n) is 14.0. The van der Waals surface area contributed by atoms with Crippen molar-refractivity contribution in [1.82, 2.24) is 5.32 Å². The SMILES string of the molecule is O=C(N[C@H]1C[C@@H](c2ccc(Br)cc2)N2C(c3ccc4ccccc4c3)=CCc3cccc1c32)OCc1ccccc1. The van der Waals surface area contributed by atoms with Gasteiger partial charge in [-0.05, 0) is 69.6 Å². The summed E-state index contributed by atoms with van der Waals surface area (Å²) in [5.41, 5.74) is 8.13. The average Bonchev–Trinajstić information content (AvgIpc) is 3.02. The van der Waals surface area contributed by atoms with Crippen molar-refractivity contribution in [2.75, 3.05) is 4.90 Å². The summed E-state index contributed by atoms with van der Waals surface area (Å²) in [5, 5.41) is 5.67. The molecule has 5 aromatic rings. The number of ether oxygens (including phenoxy) is 1. The Hall–Kier alpha value is -4.35. The van der Waals surface area contributed by atoms with E-state index in [1.807, 2.05) is 30.3 Å². The van der Waals surface area contributed by atoms with Crippen molar-refractivity contribution in [3.63, 3.8) is 0 Å². The lowest BCUT2D eigenvalue weighted by Gasteiger charge is -2.46. The van der Waals surface area contributed by atoms with Gasteiger partial charge in [-0.2, -0.15) is 0 Å². The minimum Gasteiger partial charge on any atom is -0.445 e. The van der Waals surface area contributed by atoms with E-state index in [0.29, 0.717) is 6.42 Å². The van der Waals surface area contributed by atoms with Crippen molar-refractivity contribution in [3.8, 4) is 0 Å². The Bertz CT molecular complexity index is 1760. The molecular weight excluding hydrogens is 572 g/mol. The number of fused-ring (bicyclic) bond motifs is 1. The summed E-state index contributed by atoms with van der Waals surface area (Å²) < 4.78 is 6.69.